The number of rotatable bonds is 3. The van der Waals surface area contributed by atoms with E-state index in [9.17, 15) is 13.2 Å². The zero-order valence-electron chi connectivity index (χ0n) is 10.2. The van der Waals surface area contributed by atoms with Gasteiger partial charge in [0.05, 0.1) is 18.1 Å². The van der Waals surface area contributed by atoms with Crippen molar-refractivity contribution in [2.24, 2.45) is 5.73 Å². The standard InChI is InChI=1S/C11H15N3O4S/c12-11(15)13-9-1-3-10(4-2-9)19(16,17)14-5-7-18-8-6-14/h1-4H,5-8H2,(H3,12,13,15). The molecular weight excluding hydrogens is 270 g/mol. The van der Waals surface area contributed by atoms with Gasteiger partial charge in [-0.25, -0.2) is 13.2 Å². The van der Waals surface area contributed by atoms with Gasteiger partial charge in [0.25, 0.3) is 0 Å². The van der Waals surface area contributed by atoms with Gasteiger partial charge in [-0.15, -0.1) is 0 Å². The summed E-state index contributed by atoms with van der Waals surface area (Å²) < 4.78 is 31.1. The molecule has 0 aliphatic carbocycles. The summed E-state index contributed by atoms with van der Waals surface area (Å²) in [5.74, 6) is 0. The lowest BCUT2D eigenvalue weighted by atomic mass is 10.3. The molecule has 1 saturated heterocycles. The van der Waals surface area contributed by atoms with Gasteiger partial charge in [-0.1, -0.05) is 0 Å². The van der Waals surface area contributed by atoms with Crippen LogP contribution in [0.3, 0.4) is 0 Å². The molecule has 8 heteroatoms. The van der Waals surface area contributed by atoms with E-state index in [2.05, 4.69) is 5.32 Å². The minimum absolute atomic E-state index is 0.185. The van der Waals surface area contributed by atoms with E-state index in [1.165, 1.54) is 28.6 Å². The van der Waals surface area contributed by atoms with E-state index < -0.39 is 16.1 Å². The van der Waals surface area contributed by atoms with Crippen LogP contribution in [0.4, 0.5) is 10.5 Å². The largest absolute Gasteiger partial charge is 0.379 e. The Kier molecular flexibility index (Phi) is 4.03. The van der Waals surface area contributed by atoms with Crippen molar-refractivity contribution >= 4 is 21.7 Å². The molecule has 3 N–H and O–H groups in total. The number of primary amides is 1. The van der Waals surface area contributed by atoms with Gasteiger partial charge in [-0.2, -0.15) is 4.31 Å². The number of benzene rings is 1. The van der Waals surface area contributed by atoms with Crippen molar-refractivity contribution in [1.82, 2.24) is 4.31 Å². The monoisotopic (exact) mass is 285 g/mol. The number of nitrogens with two attached hydrogens (primary N) is 1. The third kappa shape index (κ3) is 3.22. The van der Waals surface area contributed by atoms with Crippen molar-refractivity contribution in [2.45, 2.75) is 4.90 Å². The molecule has 0 atom stereocenters. The van der Waals surface area contributed by atoms with Crippen molar-refractivity contribution < 1.29 is 17.9 Å². The fourth-order valence-electron chi connectivity index (χ4n) is 1.79. The van der Waals surface area contributed by atoms with E-state index in [-0.39, 0.29) is 4.90 Å². The summed E-state index contributed by atoms with van der Waals surface area (Å²) >= 11 is 0. The SMILES string of the molecule is NC(=O)Nc1ccc(S(=O)(=O)N2CCOCC2)cc1. The number of amides is 2. The van der Waals surface area contributed by atoms with Crippen LogP contribution in [0.5, 0.6) is 0 Å². The van der Waals surface area contributed by atoms with Crippen LogP contribution in [0.15, 0.2) is 29.2 Å². The molecule has 7 nitrogen and oxygen atoms in total. The first-order chi connectivity index (χ1) is 9.00. The summed E-state index contributed by atoms with van der Waals surface area (Å²) in [6.07, 6.45) is 0. The van der Waals surface area contributed by atoms with E-state index in [4.69, 9.17) is 10.5 Å². The Morgan fingerprint density at radius 3 is 2.32 bits per heavy atom. The van der Waals surface area contributed by atoms with Gasteiger partial charge in [0.15, 0.2) is 0 Å². The molecule has 2 rings (SSSR count). The van der Waals surface area contributed by atoms with Crippen LogP contribution in [0.1, 0.15) is 0 Å². The van der Waals surface area contributed by atoms with Crippen molar-refractivity contribution in [2.75, 3.05) is 31.6 Å². The summed E-state index contributed by atoms with van der Waals surface area (Å²) in [7, 11) is -3.50. The lowest BCUT2D eigenvalue weighted by Crippen LogP contribution is -2.40. The Labute approximate surface area is 111 Å². The number of hydrogen-bond donors (Lipinski definition) is 2. The normalized spacial score (nSPS) is 17.1. The quantitative estimate of drug-likeness (QED) is 0.828. The van der Waals surface area contributed by atoms with E-state index >= 15 is 0 Å². The second-order valence-electron chi connectivity index (χ2n) is 4.03. The molecule has 19 heavy (non-hydrogen) atoms. The first kappa shape index (κ1) is 13.8. The van der Waals surface area contributed by atoms with Gasteiger partial charge in [0.1, 0.15) is 0 Å². The topological polar surface area (TPSA) is 102 Å². The highest BCUT2D eigenvalue weighted by atomic mass is 32.2. The Morgan fingerprint density at radius 2 is 1.79 bits per heavy atom. The molecule has 1 aromatic carbocycles. The Morgan fingerprint density at radius 1 is 1.21 bits per heavy atom. The number of nitrogens with zero attached hydrogens (tertiary/aromatic N) is 1. The number of carbonyl (C=O) groups excluding carboxylic acids is 1. The average Bonchev–Trinajstić information content (AvgIpc) is 2.40. The van der Waals surface area contributed by atoms with Crippen LogP contribution >= 0.6 is 0 Å². The molecule has 0 radical (unpaired) electrons. The lowest BCUT2D eigenvalue weighted by molar-refractivity contribution is 0.0730. The van der Waals surface area contributed by atoms with Crippen LogP contribution in [-0.2, 0) is 14.8 Å². The van der Waals surface area contributed by atoms with E-state index in [0.717, 1.165) is 0 Å². The van der Waals surface area contributed by atoms with Gasteiger partial charge in [0, 0.05) is 18.8 Å². The van der Waals surface area contributed by atoms with Crippen LogP contribution in [0.2, 0.25) is 0 Å². The average molecular weight is 285 g/mol. The molecule has 1 heterocycles. The summed E-state index contributed by atoms with van der Waals surface area (Å²) in [5, 5.41) is 2.37. The molecule has 1 aliphatic rings. The maximum Gasteiger partial charge on any atom is 0.316 e. The predicted molar refractivity (Wildman–Crippen MR) is 69.2 cm³/mol. The van der Waals surface area contributed by atoms with Crippen LogP contribution in [0, 0.1) is 0 Å². The molecule has 0 bridgehead atoms. The molecule has 1 aliphatic heterocycles. The Balaban J connectivity index is 2.18. The fourth-order valence-corrected chi connectivity index (χ4v) is 3.20. The maximum atomic E-state index is 12.3. The van der Waals surface area contributed by atoms with Crippen molar-refractivity contribution in [1.29, 1.82) is 0 Å². The number of carbonyl (C=O) groups is 1. The molecule has 2 amide bonds. The van der Waals surface area contributed by atoms with E-state index in [1.807, 2.05) is 0 Å². The van der Waals surface area contributed by atoms with E-state index in [0.29, 0.717) is 32.0 Å². The third-order valence-corrected chi connectivity index (χ3v) is 4.64. The molecule has 0 aromatic heterocycles. The number of ether oxygens (including phenoxy) is 1. The molecule has 0 spiro atoms. The fraction of sp³-hybridized carbons (Fsp3) is 0.364. The minimum atomic E-state index is -3.50. The number of hydrogen-bond acceptors (Lipinski definition) is 4. The Bertz CT molecular complexity index is 550. The minimum Gasteiger partial charge on any atom is -0.379 e. The predicted octanol–water partition coefficient (Wildman–Crippen LogP) is 0.198. The van der Waals surface area contributed by atoms with Crippen molar-refractivity contribution in [3.8, 4) is 0 Å². The smallest absolute Gasteiger partial charge is 0.316 e. The molecule has 0 saturated carbocycles. The van der Waals surface area contributed by atoms with E-state index in [1.54, 1.807) is 0 Å². The van der Waals surface area contributed by atoms with Crippen LogP contribution in [-0.4, -0.2) is 45.1 Å². The highest BCUT2D eigenvalue weighted by Crippen LogP contribution is 2.19. The zero-order chi connectivity index (χ0) is 13.9. The number of sulfonamides is 1. The number of anilines is 1. The molecule has 0 unspecified atom stereocenters. The van der Waals surface area contributed by atoms with Gasteiger partial charge in [-0.05, 0) is 24.3 Å². The first-order valence-corrected chi connectivity index (χ1v) is 7.18. The molecule has 1 fully saturated rings. The molecular formula is C11H15N3O4S. The van der Waals surface area contributed by atoms with Crippen molar-refractivity contribution in [3.05, 3.63) is 24.3 Å². The summed E-state index contributed by atoms with van der Waals surface area (Å²) in [6, 6.07) is 5.19. The number of morpholine rings is 1. The first-order valence-electron chi connectivity index (χ1n) is 5.74. The Hall–Kier alpha value is -1.64. The van der Waals surface area contributed by atoms with Gasteiger partial charge in [0.2, 0.25) is 10.0 Å². The second kappa shape index (κ2) is 5.55. The number of urea groups is 1. The lowest BCUT2D eigenvalue weighted by Gasteiger charge is -2.26. The summed E-state index contributed by atoms with van der Waals surface area (Å²) in [6.45, 7) is 1.51. The van der Waals surface area contributed by atoms with Gasteiger partial charge < -0.3 is 15.8 Å². The molecule has 104 valence electrons. The summed E-state index contributed by atoms with van der Waals surface area (Å²) in [4.78, 5) is 10.9. The maximum absolute atomic E-state index is 12.3. The second-order valence-corrected chi connectivity index (χ2v) is 5.97. The highest BCUT2D eigenvalue weighted by Gasteiger charge is 2.25. The van der Waals surface area contributed by atoms with Crippen molar-refractivity contribution in [3.63, 3.8) is 0 Å². The van der Waals surface area contributed by atoms with Crippen LogP contribution in [0.25, 0.3) is 0 Å². The number of nitrogens with one attached hydrogen (secondary N) is 1. The van der Waals surface area contributed by atoms with Crippen LogP contribution < -0.4 is 11.1 Å². The van der Waals surface area contributed by atoms with Gasteiger partial charge in [-0.3, -0.25) is 0 Å². The molecule has 1 aromatic rings. The van der Waals surface area contributed by atoms with Gasteiger partial charge >= 0.3 is 6.03 Å². The summed E-state index contributed by atoms with van der Waals surface area (Å²) in [5.41, 5.74) is 5.43. The zero-order valence-corrected chi connectivity index (χ0v) is 11.0. The third-order valence-electron chi connectivity index (χ3n) is 2.73. The highest BCUT2D eigenvalue weighted by molar-refractivity contribution is 7.89.